The summed E-state index contributed by atoms with van der Waals surface area (Å²) >= 11 is 5.74. The molecule has 0 atom stereocenters. The van der Waals surface area contributed by atoms with E-state index >= 15 is 0 Å². The van der Waals surface area contributed by atoms with E-state index in [9.17, 15) is 4.39 Å². The highest BCUT2D eigenvalue weighted by Crippen LogP contribution is 2.34. The summed E-state index contributed by atoms with van der Waals surface area (Å²) in [4.78, 5) is 0. The molecule has 0 bridgehead atoms. The second-order valence-corrected chi connectivity index (χ2v) is 5.10. The second-order valence-electron chi connectivity index (χ2n) is 4.69. The van der Waals surface area contributed by atoms with Crippen molar-refractivity contribution in [3.8, 4) is 11.5 Å². The Kier molecular flexibility index (Phi) is 3.07. The third kappa shape index (κ3) is 2.38. The van der Waals surface area contributed by atoms with Crippen LogP contribution in [0, 0.1) is 5.82 Å². The number of benzene rings is 2. The topological polar surface area (TPSA) is 35.2 Å². The number of halogens is 2. The van der Waals surface area contributed by atoms with Gasteiger partial charge in [-0.3, -0.25) is 0 Å². The lowest BCUT2D eigenvalue weighted by molar-refractivity contribution is 0.482. The van der Waals surface area contributed by atoms with Crippen molar-refractivity contribution in [3.63, 3.8) is 0 Å². The van der Waals surface area contributed by atoms with E-state index in [1.165, 1.54) is 29.7 Å². The number of rotatable bonds is 2. The SMILES string of the molecule is Nc1cc(F)c(Cl)cc1Oc1ccc2c(c1)CCC2. The lowest BCUT2D eigenvalue weighted by atomic mass is 10.1. The molecule has 1 aliphatic carbocycles. The summed E-state index contributed by atoms with van der Waals surface area (Å²) in [6.07, 6.45) is 3.38. The van der Waals surface area contributed by atoms with Crippen molar-refractivity contribution in [1.82, 2.24) is 0 Å². The van der Waals surface area contributed by atoms with Gasteiger partial charge in [-0.1, -0.05) is 17.7 Å². The lowest BCUT2D eigenvalue weighted by Crippen LogP contribution is -1.94. The first-order chi connectivity index (χ1) is 9.13. The van der Waals surface area contributed by atoms with Gasteiger partial charge in [0.15, 0.2) is 5.75 Å². The van der Waals surface area contributed by atoms with Gasteiger partial charge in [0, 0.05) is 12.1 Å². The van der Waals surface area contributed by atoms with Gasteiger partial charge in [0.1, 0.15) is 11.6 Å². The summed E-state index contributed by atoms with van der Waals surface area (Å²) in [6, 6.07) is 8.56. The monoisotopic (exact) mass is 277 g/mol. The van der Waals surface area contributed by atoms with Crippen LogP contribution in [0.5, 0.6) is 11.5 Å². The molecule has 1 aliphatic rings. The molecule has 2 N–H and O–H groups in total. The van der Waals surface area contributed by atoms with E-state index in [2.05, 4.69) is 6.07 Å². The van der Waals surface area contributed by atoms with Gasteiger partial charge in [0.2, 0.25) is 0 Å². The van der Waals surface area contributed by atoms with Crippen molar-refractivity contribution in [2.24, 2.45) is 0 Å². The van der Waals surface area contributed by atoms with Gasteiger partial charge in [0.05, 0.1) is 10.7 Å². The van der Waals surface area contributed by atoms with Crippen LogP contribution in [-0.4, -0.2) is 0 Å². The van der Waals surface area contributed by atoms with Gasteiger partial charge in [-0.05, 0) is 42.5 Å². The molecular weight excluding hydrogens is 265 g/mol. The first-order valence-corrected chi connectivity index (χ1v) is 6.55. The van der Waals surface area contributed by atoms with Crippen molar-refractivity contribution >= 4 is 17.3 Å². The maximum absolute atomic E-state index is 13.2. The molecular formula is C15H13ClFNO. The van der Waals surface area contributed by atoms with E-state index in [-0.39, 0.29) is 10.7 Å². The number of hydrogen-bond acceptors (Lipinski definition) is 2. The molecule has 0 aliphatic heterocycles. The van der Waals surface area contributed by atoms with E-state index in [4.69, 9.17) is 22.1 Å². The van der Waals surface area contributed by atoms with E-state index in [0.717, 1.165) is 12.8 Å². The first kappa shape index (κ1) is 12.3. The summed E-state index contributed by atoms with van der Waals surface area (Å²) < 4.78 is 18.9. The molecule has 0 saturated heterocycles. The zero-order valence-corrected chi connectivity index (χ0v) is 11.0. The standard InChI is InChI=1S/C15H13ClFNO/c16-12-7-15(14(18)8-13(12)17)19-11-5-4-9-2-1-3-10(9)6-11/h4-8H,1-3,18H2. The Morgan fingerprint density at radius 3 is 2.74 bits per heavy atom. The Labute approximate surface area is 115 Å². The number of fused-ring (bicyclic) bond motifs is 1. The highest BCUT2D eigenvalue weighted by Gasteiger charge is 2.13. The Hall–Kier alpha value is -1.74. The van der Waals surface area contributed by atoms with E-state index in [0.29, 0.717) is 11.5 Å². The molecule has 2 nitrogen and oxygen atoms in total. The predicted octanol–water partition coefficient (Wildman–Crippen LogP) is 4.34. The van der Waals surface area contributed by atoms with Crippen LogP contribution < -0.4 is 10.5 Å². The maximum Gasteiger partial charge on any atom is 0.151 e. The second kappa shape index (κ2) is 4.74. The van der Waals surface area contributed by atoms with E-state index in [1.807, 2.05) is 12.1 Å². The van der Waals surface area contributed by atoms with Crippen LogP contribution in [0.15, 0.2) is 30.3 Å². The number of ether oxygens (including phenoxy) is 1. The zero-order valence-electron chi connectivity index (χ0n) is 10.2. The van der Waals surface area contributed by atoms with Crippen LogP contribution in [0.25, 0.3) is 0 Å². The third-order valence-corrected chi connectivity index (χ3v) is 3.64. The fourth-order valence-corrected chi connectivity index (χ4v) is 2.52. The van der Waals surface area contributed by atoms with Gasteiger partial charge in [-0.15, -0.1) is 0 Å². The molecule has 0 fully saturated rings. The molecule has 0 amide bonds. The molecule has 4 heteroatoms. The zero-order chi connectivity index (χ0) is 13.4. The van der Waals surface area contributed by atoms with Gasteiger partial charge >= 0.3 is 0 Å². The Balaban J connectivity index is 1.91. The molecule has 0 heterocycles. The quantitative estimate of drug-likeness (QED) is 0.829. The Morgan fingerprint density at radius 2 is 1.89 bits per heavy atom. The number of hydrogen-bond donors (Lipinski definition) is 1. The average molecular weight is 278 g/mol. The number of aryl methyl sites for hydroxylation is 2. The fraction of sp³-hybridized carbons (Fsp3) is 0.200. The molecule has 0 radical (unpaired) electrons. The van der Waals surface area contributed by atoms with Crippen LogP contribution in [0.2, 0.25) is 5.02 Å². The molecule has 0 aromatic heterocycles. The number of nitrogen functional groups attached to an aromatic ring is 1. The van der Waals surface area contributed by atoms with Crippen molar-refractivity contribution in [1.29, 1.82) is 0 Å². The minimum Gasteiger partial charge on any atom is -0.455 e. The lowest BCUT2D eigenvalue weighted by Gasteiger charge is -2.10. The molecule has 0 unspecified atom stereocenters. The number of anilines is 1. The molecule has 98 valence electrons. The van der Waals surface area contributed by atoms with Crippen LogP contribution in [0.4, 0.5) is 10.1 Å². The van der Waals surface area contributed by atoms with Gasteiger partial charge in [-0.25, -0.2) is 4.39 Å². The first-order valence-electron chi connectivity index (χ1n) is 6.17. The third-order valence-electron chi connectivity index (χ3n) is 3.35. The Morgan fingerprint density at radius 1 is 1.11 bits per heavy atom. The average Bonchev–Trinajstić information content (AvgIpc) is 2.83. The van der Waals surface area contributed by atoms with Gasteiger partial charge in [0.25, 0.3) is 0 Å². The summed E-state index contributed by atoms with van der Waals surface area (Å²) in [5, 5.41) is 0.00496. The fourth-order valence-electron chi connectivity index (χ4n) is 2.37. The van der Waals surface area contributed by atoms with Crippen LogP contribution in [-0.2, 0) is 12.8 Å². The molecule has 0 spiro atoms. The van der Waals surface area contributed by atoms with E-state index < -0.39 is 5.82 Å². The summed E-state index contributed by atoms with van der Waals surface area (Å²) in [7, 11) is 0. The van der Waals surface area contributed by atoms with E-state index in [1.54, 1.807) is 0 Å². The smallest absolute Gasteiger partial charge is 0.151 e. The van der Waals surface area contributed by atoms with Crippen molar-refractivity contribution in [2.45, 2.75) is 19.3 Å². The largest absolute Gasteiger partial charge is 0.455 e. The van der Waals surface area contributed by atoms with Crippen molar-refractivity contribution < 1.29 is 9.13 Å². The molecule has 2 aromatic carbocycles. The van der Waals surface area contributed by atoms with Gasteiger partial charge < -0.3 is 10.5 Å². The summed E-state index contributed by atoms with van der Waals surface area (Å²) in [5.74, 6) is 0.542. The highest BCUT2D eigenvalue weighted by atomic mass is 35.5. The summed E-state index contributed by atoms with van der Waals surface area (Å²) in [5.41, 5.74) is 8.65. The van der Waals surface area contributed by atoms with Crippen molar-refractivity contribution in [2.75, 3.05) is 5.73 Å². The minimum absolute atomic E-state index is 0.00496. The van der Waals surface area contributed by atoms with Crippen LogP contribution >= 0.6 is 11.6 Å². The molecule has 0 saturated carbocycles. The van der Waals surface area contributed by atoms with Crippen LogP contribution in [0.1, 0.15) is 17.5 Å². The normalized spacial score (nSPS) is 13.4. The van der Waals surface area contributed by atoms with Crippen LogP contribution in [0.3, 0.4) is 0 Å². The highest BCUT2D eigenvalue weighted by molar-refractivity contribution is 6.31. The molecule has 2 aromatic rings. The minimum atomic E-state index is -0.541. The summed E-state index contributed by atoms with van der Waals surface area (Å²) in [6.45, 7) is 0. The Bertz CT molecular complexity index is 642. The van der Waals surface area contributed by atoms with Gasteiger partial charge in [-0.2, -0.15) is 0 Å². The van der Waals surface area contributed by atoms with Crippen molar-refractivity contribution in [3.05, 3.63) is 52.3 Å². The molecule has 19 heavy (non-hydrogen) atoms. The number of nitrogens with two attached hydrogens (primary N) is 1. The predicted molar refractivity (Wildman–Crippen MR) is 74.4 cm³/mol. The molecule has 3 rings (SSSR count). The maximum atomic E-state index is 13.2.